The highest BCUT2D eigenvalue weighted by atomic mass is 16.1. The Morgan fingerprint density at radius 3 is 2.61 bits per heavy atom. The highest BCUT2D eigenvalue weighted by molar-refractivity contribution is 6.02. The quantitative estimate of drug-likeness (QED) is 0.757. The average Bonchev–Trinajstić information content (AvgIpc) is 2.80. The molecule has 18 heavy (non-hydrogen) atoms. The van der Waals surface area contributed by atoms with E-state index < -0.39 is 0 Å². The van der Waals surface area contributed by atoms with E-state index in [1.165, 1.54) is 32.1 Å². The molecule has 1 aliphatic carbocycles. The molecular formula is C16H27NO. The largest absolute Gasteiger partial charge is 0.292 e. The number of carbonyl (C=O) groups excluding carboxylic acids is 1. The number of hydrogen-bond donors (Lipinski definition) is 0. The summed E-state index contributed by atoms with van der Waals surface area (Å²) in [6.45, 7) is 6.52. The highest BCUT2D eigenvalue weighted by Gasteiger charge is 2.39. The van der Waals surface area contributed by atoms with Crippen molar-refractivity contribution in [3.63, 3.8) is 0 Å². The predicted octanol–water partition coefficient (Wildman–Crippen LogP) is 3.71. The smallest absolute Gasteiger partial charge is 0.178 e. The molecule has 0 amide bonds. The van der Waals surface area contributed by atoms with Gasteiger partial charge >= 0.3 is 0 Å². The zero-order valence-corrected chi connectivity index (χ0v) is 12.0. The second-order valence-corrected chi connectivity index (χ2v) is 5.98. The average molecular weight is 249 g/mol. The van der Waals surface area contributed by atoms with Gasteiger partial charge in [0.1, 0.15) is 0 Å². The molecule has 0 bridgehead atoms. The van der Waals surface area contributed by atoms with Gasteiger partial charge in [0.15, 0.2) is 5.78 Å². The van der Waals surface area contributed by atoms with Crippen LogP contribution in [0.1, 0.15) is 65.2 Å². The lowest BCUT2D eigenvalue weighted by atomic mass is 9.85. The van der Waals surface area contributed by atoms with Gasteiger partial charge in [-0.2, -0.15) is 0 Å². The van der Waals surface area contributed by atoms with E-state index in [4.69, 9.17) is 0 Å². The van der Waals surface area contributed by atoms with E-state index >= 15 is 0 Å². The lowest BCUT2D eigenvalue weighted by Crippen LogP contribution is -2.51. The highest BCUT2D eigenvalue weighted by Crippen LogP contribution is 2.30. The van der Waals surface area contributed by atoms with Crippen LogP contribution in [0.15, 0.2) is 11.6 Å². The summed E-state index contributed by atoms with van der Waals surface area (Å²) in [6.07, 6.45) is 11.5. The minimum absolute atomic E-state index is 0.243. The van der Waals surface area contributed by atoms with Crippen molar-refractivity contribution in [1.29, 1.82) is 0 Å². The first-order valence-electron chi connectivity index (χ1n) is 7.67. The first-order valence-corrected chi connectivity index (χ1v) is 7.67. The fraction of sp³-hybridized carbons (Fsp3) is 0.812. The van der Waals surface area contributed by atoms with E-state index in [0.29, 0.717) is 5.78 Å². The van der Waals surface area contributed by atoms with Crippen molar-refractivity contribution >= 4 is 5.78 Å². The van der Waals surface area contributed by atoms with Crippen LogP contribution >= 0.6 is 0 Å². The molecule has 2 aliphatic rings. The molecule has 2 nitrogen and oxygen atoms in total. The lowest BCUT2D eigenvalue weighted by Gasteiger charge is -2.37. The molecule has 0 aromatic carbocycles. The van der Waals surface area contributed by atoms with Crippen LogP contribution in [0.25, 0.3) is 0 Å². The number of ketones is 1. The molecule has 0 N–H and O–H groups in total. The molecule has 1 aliphatic heterocycles. The summed E-state index contributed by atoms with van der Waals surface area (Å²) in [4.78, 5) is 15.3. The predicted molar refractivity (Wildman–Crippen MR) is 75.7 cm³/mol. The molecule has 0 spiro atoms. The van der Waals surface area contributed by atoms with Crippen LogP contribution in [-0.2, 0) is 4.79 Å². The van der Waals surface area contributed by atoms with Crippen LogP contribution < -0.4 is 0 Å². The molecule has 1 heterocycles. The lowest BCUT2D eigenvalue weighted by molar-refractivity contribution is -0.126. The van der Waals surface area contributed by atoms with Crippen LogP contribution in [0.3, 0.4) is 0 Å². The maximum Gasteiger partial charge on any atom is 0.178 e. The van der Waals surface area contributed by atoms with E-state index in [1.54, 1.807) is 0 Å². The molecule has 2 heteroatoms. The second kappa shape index (κ2) is 6.01. The zero-order valence-electron chi connectivity index (χ0n) is 12.0. The number of allylic oxidation sites excluding steroid dienone is 1. The summed E-state index contributed by atoms with van der Waals surface area (Å²) in [6, 6.07) is 0. The molecule has 0 radical (unpaired) electrons. The Hall–Kier alpha value is -0.630. The summed E-state index contributed by atoms with van der Waals surface area (Å²) in [5, 5.41) is 0. The second-order valence-electron chi connectivity index (χ2n) is 5.98. The van der Waals surface area contributed by atoms with Crippen molar-refractivity contribution in [2.45, 2.75) is 70.8 Å². The van der Waals surface area contributed by atoms with Crippen molar-refractivity contribution in [2.24, 2.45) is 0 Å². The SMILES string of the molecule is CCC(C)(C(=O)C1=CCCCCC1)N1CCCC1. The van der Waals surface area contributed by atoms with E-state index in [0.717, 1.165) is 37.9 Å². The normalized spacial score (nSPS) is 25.3. The van der Waals surface area contributed by atoms with Crippen molar-refractivity contribution in [1.82, 2.24) is 4.90 Å². The van der Waals surface area contributed by atoms with Crippen molar-refractivity contribution < 1.29 is 4.79 Å². The third kappa shape index (κ3) is 2.69. The Morgan fingerprint density at radius 1 is 1.22 bits per heavy atom. The molecule has 0 aromatic rings. The number of likely N-dealkylation sites (tertiary alicyclic amines) is 1. The Bertz CT molecular complexity index is 328. The maximum absolute atomic E-state index is 12.9. The maximum atomic E-state index is 12.9. The van der Waals surface area contributed by atoms with E-state index in [-0.39, 0.29) is 5.54 Å². The van der Waals surface area contributed by atoms with E-state index in [9.17, 15) is 4.79 Å². The van der Waals surface area contributed by atoms with Crippen LogP contribution in [0.2, 0.25) is 0 Å². The third-order valence-corrected chi connectivity index (χ3v) is 4.81. The van der Waals surface area contributed by atoms with Crippen LogP contribution in [0, 0.1) is 0 Å². The summed E-state index contributed by atoms with van der Waals surface area (Å²) in [7, 11) is 0. The van der Waals surface area contributed by atoms with Crippen LogP contribution in [0.5, 0.6) is 0 Å². The Labute approximate surface area is 111 Å². The van der Waals surface area contributed by atoms with Crippen molar-refractivity contribution in [3.05, 3.63) is 11.6 Å². The van der Waals surface area contributed by atoms with Gasteiger partial charge in [0.2, 0.25) is 0 Å². The number of carbonyl (C=O) groups is 1. The Balaban J connectivity index is 2.15. The fourth-order valence-electron chi connectivity index (χ4n) is 3.31. The van der Waals surface area contributed by atoms with Crippen LogP contribution in [-0.4, -0.2) is 29.3 Å². The molecular weight excluding hydrogens is 222 g/mol. The van der Waals surface area contributed by atoms with Crippen LogP contribution in [0.4, 0.5) is 0 Å². The van der Waals surface area contributed by atoms with Gasteiger partial charge in [-0.05, 0) is 70.5 Å². The number of hydrogen-bond acceptors (Lipinski definition) is 2. The summed E-state index contributed by atoms with van der Waals surface area (Å²) in [5.74, 6) is 0.411. The number of rotatable bonds is 4. The van der Waals surface area contributed by atoms with Gasteiger partial charge in [-0.3, -0.25) is 9.69 Å². The monoisotopic (exact) mass is 249 g/mol. The van der Waals surface area contributed by atoms with Gasteiger partial charge in [0, 0.05) is 0 Å². The minimum atomic E-state index is -0.243. The molecule has 1 saturated heterocycles. The third-order valence-electron chi connectivity index (χ3n) is 4.81. The summed E-state index contributed by atoms with van der Waals surface area (Å²) in [5.41, 5.74) is 0.871. The molecule has 0 saturated carbocycles. The van der Waals surface area contributed by atoms with E-state index in [2.05, 4.69) is 24.8 Å². The first-order chi connectivity index (χ1) is 8.68. The van der Waals surface area contributed by atoms with Gasteiger partial charge in [-0.25, -0.2) is 0 Å². The topological polar surface area (TPSA) is 20.3 Å². The number of Topliss-reactive ketones (excluding diaryl/α,β-unsaturated/α-hetero) is 1. The molecule has 0 aromatic heterocycles. The molecule has 2 rings (SSSR count). The standard InChI is InChI=1S/C16H27NO/c1-3-16(2,17-12-8-9-13-17)15(18)14-10-6-4-5-7-11-14/h10H,3-9,11-13H2,1-2H3. The van der Waals surface area contributed by atoms with Gasteiger partial charge < -0.3 is 0 Å². The van der Waals surface area contributed by atoms with Gasteiger partial charge in [0.25, 0.3) is 0 Å². The van der Waals surface area contributed by atoms with Crippen molar-refractivity contribution in [3.8, 4) is 0 Å². The Morgan fingerprint density at radius 2 is 1.94 bits per heavy atom. The zero-order chi connectivity index (χ0) is 13.0. The van der Waals surface area contributed by atoms with Gasteiger partial charge in [-0.15, -0.1) is 0 Å². The number of nitrogens with zero attached hydrogens (tertiary/aromatic N) is 1. The fourth-order valence-corrected chi connectivity index (χ4v) is 3.31. The summed E-state index contributed by atoms with van der Waals surface area (Å²) < 4.78 is 0. The molecule has 1 atom stereocenters. The van der Waals surface area contributed by atoms with Crippen molar-refractivity contribution in [2.75, 3.05) is 13.1 Å². The Kier molecular flexibility index (Phi) is 4.60. The molecule has 102 valence electrons. The van der Waals surface area contributed by atoms with E-state index in [1.807, 2.05) is 0 Å². The van der Waals surface area contributed by atoms with Gasteiger partial charge in [0.05, 0.1) is 5.54 Å². The minimum Gasteiger partial charge on any atom is -0.292 e. The summed E-state index contributed by atoms with van der Waals surface area (Å²) >= 11 is 0. The van der Waals surface area contributed by atoms with Gasteiger partial charge in [-0.1, -0.05) is 19.4 Å². The first kappa shape index (κ1) is 13.8. The molecule has 1 fully saturated rings. The molecule has 1 unspecified atom stereocenters.